The average Bonchev–Trinajstić information content (AvgIpc) is 3.30. The zero-order valence-electron chi connectivity index (χ0n) is 24.6. The second-order valence-corrected chi connectivity index (χ2v) is 14.2. The number of ketones is 1. The number of rotatable bonds is 8. The van der Waals surface area contributed by atoms with Crippen LogP contribution in [0.5, 0.6) is 0 Å². The summed E-state index contributed by atoms with van der Waals surface area (Å²) in [6, 6.07) is -0.720. The van der Waals surface area contributed by atoms with Crippen LogP contribution in [0, 0.1) is 34.0 Å². The van der Waals surface area contributed by atoms with Crippen LogP contribution in [0.25, 0.3) is 0 Å². The van der Waals surface area contributed by atoms with Crippen LogP contribution >= 0.6 is 11.8 Å². The molecule has 3 aliphatic carbocycles. The quantitative estimate of drug-likeness (QED) is 0.291. The van der Waals surface area contributed by atoms with E-state index in [0.717, 1.165) is 19.3 Å². The number of hydrogen-bond donors (Lipinski definition) is 3. The van der Waals surface area contributed by atoms with Crippen molar-refractivity contribution in [1.82, 2.24) is 4.90 Å². The number of carbonyl (C=O) groups excluding carboxylic acids is 3. The molecule has 4 fully saturated rings. The molecular weight excluding hydrogens is 530 g/mol. The highest BCUT2D eigenvalue weighted by atomic mass is 32.2. The van der Waals surface area contributed by atoms with Gasteiger partial charge in [-0.2, -0.15) is 0 Å². The fourth-order valence-electron chi connectivity index (χ4n) is 8.32. The van der Waals surface area contributed by atoms with Crippen molar-refractivity contribution in [3.05, 3.63) is 12.7 Å². The first-order chi connectivity index (χ1) is 18.8. The molecule has 0 radical (unpaired) electrons. The number of nitrogens with two attached hydrogens (primary N) is 2. The average molecular weight is 580 g/mol. The lowest BCUT2D eigenvalue weighted by Gasteiger charge is -2.61. The molecule has 0 spiro atoms. The molecule has 1 aliphatic heterocycles. The predicted molar refractivity (Wildman–Crippen MR) is 155 cm³/mol. The number of aliphatic hydroxyl groups is 1. The zero-order chi connectivity index (χ0) is 29.5. The van der Waals surface area contributed by atoms with Gasteiger partial charge in [0.25, 0.3) is 0 Å². The van der Waals surface area contributed by atoms with Gasteiger partial charge in [0.15, 0.2) is 0 Å². The Kier molecular flexibility index (Phi) is 9.47. The Labute approximate surface area is 243 Å². The number of carbonyl (C=O) groups is 3. The van der Waals surface area contributed by atoms with Gasteiger partial charge in [0, 0.05) is 48.6 Å². The van der Waals surface area contributed by atoms with E-state index in [2.05, 4.69) is 27.4 Å². The Hall–Kier alpha value is -1.46. The minimum Gasteiger partial charge on any atom is -0.461 e. The van der Waals surface area contributed by atoms with E-state index < -0.39 is 29.1 Å². The highest BCUT2D eigenvalue weighted by molar-refractivity contribution is 7.99. The smallest absolute Gasteiger partial charge is 0.316 e. The first-order valence-corrected chi connectivity index (χ1v) is 16.0. The molecule has 1 heterocycles. The van der Waals surface area contributed by atoms with Gasteiger partial charge in [-0.1, -0.05) is 33.8 Å². The minimum atomic E-state index is -0.720. The van der Waals surface area contributed by atoms with Crippen LogP contribution in [0.1, 0.15) is 59.8 Å². The van der Waals surface area contributed by atoms with Gasteiger partial charge < -0.3 is 30.9 Å². The lowest BCUT2D eigenvalue weighted by Crippen LogP contribution is -2.63. The summed E-state index contributed by atoms with van der Waals surface area (Å²) < 4.78 is 12.1. The van der Waals surface area contributed by atoms with E-state index in [4.69, 9.17) is 20.9 Å². The summed E-state index contributed by atoms with van der Waals surface area (Å²) in [5, 5.41) is 11.7. The third-order valence-electron chi connectivity index (χ3n) is 11.1. The van der Waals surface area contributed by atoms with E-state index in [1.165, 1.54) is 11.8 Å². The Morgan fingerprint density at radius 2 is 2.05 bits per heavy atom. The van der Waals surface area contributed by atoms with Gasteiger partial charge in [-0.25, -0.2) is 0 Å². The van der Waals surface area contributed by atoms with Gasteiger partial charge in [0.2, 0.25) is 5.91 Å². The van der Waals surface area contributed by atoms with E-state index in [9.17, 15) is 19.5 Å². The molecule has 1 amide bonds. The molecule has 4 aliphatic rings. The Balaban J connectivity index is 1.48. The van der Waals surface area contributed by atoms with Crippen molar-refractivity contribution in [2.24, 2.45) is 45.5 Å². The van der Waals surface area contributed by atoms with Gasteiger partial charge in [-0.15, -0.1) is 18.3 Å². The normalized spacial score (nSPS) is 42.4. The Morgan fingerprint density at radius 3 is 2.73 bits per heavy atom. The summed E-state index contributed by atoms with van der Waals surface area (Å²) in [4.78, 5) is 41.0. The topological polar surface area (TPSA) is 145 Å². The number of Topliss-reactive ketones (excluding diaryl/α,β-unsaturated/α-hetero) is 1. The van der Waals surface area contributed by atoms with Crippen LogP contribution in [0.15, 0.2) is 12.7 Å². The summed E-state index contributed by atoms with van der Waals surface area (Å²) in [6.07, 6.45) is 3.94. The second kappa shape index (κ2) is 12.0. The van der Waals surface area contributed by atoms with Crippen LogP contribution in [-0.2, 0) is 23.9 Å². The number of morpholine rings is 1. The number of thioether (sulfide) groups is 1. The molecule has 3 saturated carbocycles. The number of esters is 1. The van der Waals surface area contributed by atoms with E-state index in [1.54, 1.807) is 4.90 Å². The lowest BCUT2D eigenvalue weighted by molar-refractivity contribution is -0.205. The number of ether oxygens (including phenoxy) is 2. The summed E-state index contributed by atoms with van der Waals surface area (Å²) >= 11 is 1.41. The molecule has 10 atom stereocenters. The van der Waals surface area contributed by atoms with Crippen LogP contribution < -0.4 is 11.5 Å². The van der Waals surface area contributed by atoms with E-state index in [1.807, 2.05) is 13.0 Å². The molecule has 10 heteroatoms. The minimum absolute atomic E-state index is 0.0627. The number of nitrogens with zero attached hydrogens (tertiary/aromatic N) is 1. The Bertz CT molecular complexity index is 996. The second-order valence-electron chi connectivity index (χ2n) is 13.2. The van der Waals surface area contributed by atoms with Crippen molar-refractivity contribution in [3.8, 4) is 0 Å². The molecule has 0 aromatic carbocycles. The van der Waals surface area contributed by atoms with Crippen LogP contribution in [0.4, 0.5) is 0 Å². The molecule has 3 unspecified atom stereocenters. The largest absolute Gasteiger partial charge is 0.461 e. The number of amides is 1. The van der Waals surface area contributed by atoms with Crippen molar-refractivity contribution < 1.29 is 29.0 Å². The first-order valence-electron chi connectivity index (χ1n) is 14.8. The summed E-state index contributed by atoms with van der Waals surface area (Å²) in [6.45, 7) is 13.9. The maximum absolute atomic E-state index is 13.5. The zero-order valence-corrected chi connectivity index (χ0v) is 25.4. The predicted octanol–water partition coefficient (Wildman–Crippen LogP) is 2.14. The van der Waals surface area contributed by atoms with E-state index in [0.29, 0.717) is 38.3 Å². The standard InChI is InChI=1S/C30H49N3O6S/c1-6-28(4)13-23(29(5)18(2)7-9-30(19(3)26(28)36)10-8-22(34)25(29)30)39-24(35)17-40-16-20-15-33(11-12-38-20)27(37)21(32)14-31/h6,18-21,23,25-26,36H,1,7-17,31-32H2,2-5H3/t18?,19-,20?,21+,23+,25?,26-,28+,29-,30-/m0/s1. The molecular formula is C30H49N3O6S. The molecule has 0 aromatic heterocycles. The third kappa shape index (κ3) is 5.39. The lowest BCUT2D eigenvalue weighted by atomic mass is 9.44. The van der Waals surface area contributed by atoms with Gasteiger partial charge in [0.05, 0.1) is 30.6 Å². The van der Waals surface area contributed by atoms with Crippen molar-refractivity contribution in [2.75, 3.05) is 37.7 Å². The van der Waals surface area contributed by atoms with Crippen LogP contribution in [0.3, 0.4) is 0 Å². The molecule has 5 N–H and O–H groups in total. The highest BCUT2D eigenvalue weighted by Crippen LogP contribution is 2.68. The molecule has 4 rings (SSSR count). The maximum atomic E-state index is 13.5. The van der Waals surface area contributed by atoms with Crippen molar-refractivity contribution >= 4 is 29.4 Å². The monoisotopic (exact) mass is 579 g/mol. The molecule has 40 heavy (non-hydrogen) atoms. The van der Waals surface area contributed by atoms with Gasteiger partial charge >= 0.3 is 5.97 Å². The third-order valence-corrected chi connectivity index (χ3v) is 12.2. The van der Waals surface area contributed by atoms with Crippen molar-refractivity contribution in [2.45, 2.75) is 84.2 Å². The Morgan fingerprint density at radius 1 is 1.32 bits per heavy atom. The fraction of sp³-hybridized carbons (Fsp3) is 0.833. The van der Waals surface area contributed by atoms with Gasteiger partial charge in [-0.05, 0) is 42.9 Å². The molecule has 226 valence electrons. The van der Waals surface area contributed by atoms with Gasteiger partial charge in [0.1, 0.15) is 11.9 Å². The molecule has 2 bridgehead atoms. The van der Waals surface area contributed by atoms with E-state index >= 15 is 0 Å². The van der Waals surface area contributed by atoms with Crippen LogP contribution in [0.2, 0.25) is 0 Å². The van der Waals surface area contributed by atoms with Crippen LogP contribution in [-0.4, -0.2) is 89.8 Å². The fourth-order valence-corrected chi connectivity index (χ4v) is 9.14. The summed E-state index contributed by atoms with van der Waals surface area (Å²) in [5.74, 6) is 0.263. The molecule has 0 aromatic rings. The molecule has 1 saturated heterocycles. The van der Waals surface area contributed by atoms with E-state index in [-0.39, 0.29) is 59.2 Å². The van der Waals surface area contributed by atoms with Gasteiger partial charge in [-0.3, -0.25) is 14.4 Å². The number of hydrogen-bond acceptors (Lipinski definition) is 9. The summed E-state index contributed by atoms with van der Waals surface area (Å²) in [7, 11) is 0. The summed E-state index contributed by atoms with van der Waals surface area (Å²) in [5.41, 5.74) is 9.89. The molecule has 9 nitrogen and oxygen atoms in total. The highest BCUT2D eigenvalue weighted by Gasteiger charge is 2.68. The first kappa shape index (κ1) is 31.5. The SMILES string of the molecule is C=C[C@]1(C)C[C@@H](OC(=O)CSCC2CN(C(=O)[C@H](N)CN)CCO2)[C@]2(C)C(C)CC[C@]3(CCC(=O)C32)[C@@H](C)[C@@H]1O. The maximum Gasteiger partial charge on any atom is 0.316 e. The number of aliphatic hydroxyl groups excluding tert-OH is 1. The van der Waals surface area contributed by atoms with Crippen molar-refractivity contribution in [1.29, 1.82) is 0 Å². The van der Waals surface area contributed by atoms with Crippen molar-refractivity contribution in [3.63, 3.8) is 0 Å².